The summed E-state index contributed by atoms with van der Waals surface area (Å²) in [6, 6.07) is 5.21. The second kappa shape index (κ2) is 5.80. The molecular formula is C13H12F3N3OS. The van der Waals surface area contributed by atoms with Crippen LogP contribution in [0.3, 0.4) is 0 Å². The molecule has 1 amide bonds. The highest BCUT2D eigenvalue weighted by Gasteiger charge is 2.29. The lowest BCUT2D eigenvalue weighted by molar-refractivity contribution is -0.0328. The number of aromatic nitrogens is 2. The summed E-state index contributed by atoms with van der Waals surface area (Å²) < 4.78 is 36.6. The fourth-order valence-corrected chi connectivity index (χ4v) is 2.13. The smallest absolute Gasteiger partial charge is 0.305 e. The van der Waals surface area contributed by atoms with Gasteiger partial charge in [-0.3, -0.25) is 9.89 Å². The van der Waals surface area contributed by atoms with Gasteiger partial charge >= 0.3 is 5.51 Å². The second-order valence-corrected chi connectivity index (χ2v) is 5.49. The van der Waals surface area contributed by atoms with E-state index in [0.717, 1.165) is 11.3 Å². The molecule has 0 saturated carbocycles. The highest BCUT2D eigenvalue weighted by atomic mass is 32.2. The van der Waals surface area contributed by atoms with Crippen LogP contribution in [0.1, 0.15) is 21.6 Å². The summed E-state index contributed by atoms with van der Waals surface area (Å²) in [5, 5.41) is 9.28. The molecule has 2 aromatic rings. The first-order valence-corrected chi connectivity index (χ1v) is 6.76. The Bertz CT molecular complexity index is 650. The fraction of sp³-hybridized carbons (Fsp3) is 0.231. The van der Waals surface area contributed by atoms with Gasteiger partial charge in [-0.2, -0.15) is 18.3 Å². The number of aromatic amines is 1. The van der Waals surface area contributed by atoms with Gasteiger partial charge in [-0.05, 0) is 49.9 Å². The Balaban J connectivity index is 2.08. The summed E-state index contributed by atoms with van der Waals surface area (Å²) in [6.45, 7) is 3.62. The zero-order valence-electron chi connectivity index (χ0n) is 11.2. The maximum Gasteiger partial charge on any atom is 0.446 e. The predicted octanol–water partition coefficient (Wildman–Crippen LogP) is 3.89. The highest BCUT2D eigenvalue weighted by Crippen LogP contribution is 2.36. The molecule has 0 bridgehead atoms. The Kier molecular flexibility index (Phi) is 4.26. The van der Waals surface area contributed by atoms with Crippen LogP contribution in [0.5, 0.6) is 0 Å². The number of nitrogens with one attached hydrogen (secondary N) is 2. The number of carbonyl (C=O) groups is 1. The van der Waals surface area contributed by atoms with E-state index in [0.29, 0.717) is 5.82 Å². The zero-order valence-corrected chi connectivity index (χ0v) is 12.0. The van der Waals surface area contributed by atoms with E-state index >= 15 is 0 Å². The molecule has 1 aromatic carbocycles. The van der Waals surface area contributed by atoms with Crippen molar-refractivity contribution in [3.8, 4) is 0 Å². The molecule has 8 heteroatoms. The van der Waals surface area contributed by atoms with Crippen molar-refractivity contribution in [1.29, 1.82) is 0 Å². The number of nitrogens with zero attached hydrogens (tertiary/aromatic N) is 1. The Hall–Kier alpha value is -1.96. The molecule has 0 aliphatic carbocycles. The molecule has 4 nitrogen and oxygen atoms in total. The van der Waals surface area contributed by atoms with Gasteiger partial charge in [-0.15, -0.1) is 0 Å². The Morgan fingerprint density at radius 3 is 2.33 bits per heavy atom. The number of halogens is 3. The number of hydrogen-bond acceptors (Lipinski definition) is 3. The van der Waals surface area contributed by atoms with E-state index in [1.807, 2.05) is 6.92 Å². The van der Waals surface area contributed by atoms with Crippen LogP contribution < -0.4 is 5.32 Å². The number of aryl methyl sites for hydroxylation is 1. The van der Waals surface area contributed by atoms with Crippen molar-refractivity contribution in [2.45, 2.75) is 24.3 Å². The van der Waals surface area contributed by atoms with Crippen molar-refractivity contribution in [3.05, 3.63) is 41.1 Å². The van der Waals surface area contributed by atoms with Crippen LogP contribution in [-0.2, 0) is 0 Å². The number of amides is 1. The number of alkyl halides is 3. The molecule has 0 fully saturated rings. The van der Waals surface area contributed by atoms with Crippen LogP contribution in [0.15, 0.2) is 29.2 Å². The largest absolute Gasteiger partial charge is 0.446 e. The van der Waals surface area contributed by atoms with Crippen LogP contribution in [0.25, 0.3) is 0 Å². The van der Waals surface area contributed by atoms with Gasteiger partial charge in [0.2, 0.25) is 0 Å². The lowest BCUT2D eigenvalue weighted by Gasteiger charge is -2.07. The average molecular weight is 315 g/mol. The number of anilines is 1. The molecule has 21 heavy (non-hydrogen) atoms. The van der Waals surface area contributed by atoms with Crippen molar-refractivity contribution in [2.24, 2.45) is 0 Å². The highest BCUT2D eigenvalue weighted by molar-refractivity contribution is 8.00. The summed E-state index contributed by atoms with van der Waals surface area (Å²) in [7, 11) is 0. The van der Waals surface area contributed by atoms with Crippen molar-refractivity contribution in [2.75, 3.05) is 5.32 Å². The fourth-order valence-electron chi connectivity index (χ4n) is 1.59. The molecule has 0 atom stereocenters. The van der Waals surface area contributed by atoms with E-state index in [9.17, 15) is 18.0 Å². The molecule has 1 aromatic heterocycles. The van der Waals surface area contributed by atoms with Gasteiger partial charge in [0.15, 0.2) is 5.82 Å². The van der Waals surface area contributed by atoms with Crippen molar-refractivity contribution < 1.29 is 18.0 Å². The van der Waals surface area contributed by atoms with Crippen LogP contribution >= 0.6 is 11.8 Å². The van der Waals surface area contributed by atoms with Crippen LogP contribution in [0, 0.1) is 13.8 Å². The lowest BCUT2D eigenvalue weighted by Crippen LogP contribution is -2.12. The standard InChI is InChI=1S/C13H12F3N3OS/c1-7-8(2)18-19-11(7)17-12(20)9-3-5-10(6-4-9)21-13(14,15)16/h3-6H,1-2H3,(H2,17,18,19,20). The predicted molar refractivity (Wildman–Crippen MR) is 74.4 cm³/mol. The summed E-state index contributed by atoms with van der Waals surface area (Å²) in [5.41, 5.74) is -2.43. The normalized spacial score (nSPS) is 11.5. The number of H-pyrrole nitrogens is 1. The van der Waals surface area contributed by atoms with Crippen LogP contribution in [0.4, 0.5) is 19.0 Å². The number of rotatable bonds is 3. The Morgan fingerprint density at radius 2 is 1.86 bits per heavy atom. The van der Waals surface area contributed by atoms with E-state index in [1.165, 1.54) is 24.3 Å². The Labute approximate surface area is 123 Å². The molecule has 0 radical (unpaired) electrons. The van der Waals surface area contributed by atoms with Gasteiger partial charge in [0.1, 0.15) is 0 Å². The topological polar surface area (TPSA) is 57.8 Å². The van der Waals surface area contributed by atoms with E-state index in [-0.39, 0.29) is 22.2 Å². The molecule has 112 valence electrons. The van der Waals surface area contributed by atoms with Crippen LogP contribution in [0.2, 0.25) is 0 Å². The molecular weight excluding hydrogens is 303 g/mol. The summed E-state index contributed by atoms with van der Waals surface area (Å²) in [6.07, 6.45) is 0. The number of carbonyl (C=O) groups excluding carboxylic acids is 1. The quantitative estimate of drug-likeness (QED) is 0.845. The first kappa shape index (κ1) is 15.4. The molecule has 0 saturated heterocycles. The molecule has 2 N–H and O–H groups in total. The molecule has 2 rings (SSSR count). The van der Waals surface area contributed by atoms with E-state index < -0.39 is 11.4 Å². The summed E-state index contributed by atoms with van der Waals surface area (Å²) >= 11 is -0.218. The summed E-state index contributed by atoms with van der Waals surface area (Å²) in [5.74, 6) is -0.0144. The third-order valence-corrected chi connectivity index (χ3v) is 3.57. The van der Waals surface area contributed by atoms with Gasteiger partial charge in [0, 0.05) is 21.7 Å². The van der Waals surface area contributed by atoms with Gasteiger partial charge in [-0.25, -0.2) is 0 Å². The zero-order chi connectivity index (χ0) is 15.6. The monoisotopic (exact) mass is 315 g/mol. The van der Waals surface area contributed by atoms with E-state index in [1.54, 1.807) is 6.92 Å². The van der Waals surface area contributed by atoms with E-state index in [2.05, 4.69) is 15.5 Å². The number of benzene rings is 1. The third-order valence-electron chi connectivity index (χ3n) is 2.84. The Morgan fingerprint density at radius 1 is 1.24 bits per heavy atom. The van der Waals surface area contributed by atoms with Crippen molar-refractivity contribution in [1.82, 2.24) is 10.2 Å². The first-order chi connectivity index (χ1) is 9.76. The molecule has 1 heterocycles. The SMILES string of the molecule is Cc1[nH]nc(NC(=O)c2ccc(SC(F)(F)F)cc2)c1C. The molecule has 0 spiro atoms. The minimum Gasteiger partial charge on any atom is -0.305 e. The van der Waals surface area contributed by atoms with Crippen molar-refractivity contribution in [3.63, 3.8) is 0 Å². The molecule has 0 aliphatic heterocycles. The number of hydrogen-bond donors (Lipinski definition) is 2. The van der Waals surface area contributed by atoms with Crippen LogP contribution in [-0.4, -0.2) is 21.6 Å². The van der Waals surface area contributed by atoms with Gasteiger partial charge in [0.25, 0.3) is 5.91 Å². The van der Waals surface area contributed by atoms with Gasteiger partial charge in [-0.1, -0.05) is 0 Å². The third kappa shape index (κ3) is 4.01. The lowest BCUT2D eigenvalue weighted by atomic mass is 10.2. The second-order valence-electron chi connectivity index (χ2n) is 4.35. The first-order valence-electron chi connectivity index (χ1n) is 5.95. The maximum atomic E-state index is 12.2. The summed E-state index contributed by atoms with van der Waals surface area (Å²) in [4.78, 5) is 12.0. The van der Waals surface area contributed by atoms with Crippen molar-refractivity contribution >= 4 is 23.5 Å². The molecule has 0 unspecified atom stereocenters. The van der Waals surface area contributed by atoms with E-state index in [4.69, 9.17) is 0 Å². The maximum absolute atomic E-state index is 12.2. The van der Waals surface area contributed by atoms with Gasteiger partial charge < -0.3 is 5.32 Å². The van der Waals surface area contributed by atoms with Gasteiger partial charge in [0.05, 0.1) is 0 Å². The average Bonchev–Trinajstić information content (AvgIpc) is 2.69. The minimum atomic E-state index is -4.34. The molecule has 0 aliphatic rings. The minimum absolute atomic E-state index is 0.0332. The number of thioether (sulfide) groups is 1.